The van der Waals surface area contributed by atoms with Gasteiger partial charge in [-0.3, -0.25) is 5.14 Å². The lowest BCUT2D eigenvalue weighted by atomic mass is 10.1. The number of nitrogens with one attached hydrogen (secondary N) is 1. The van der Waals surface area contributed by atoms with Gasteiger partial charge in [-0.05, 0) is 29.5 Å². The number of hydrogen-bond acceptors (Lipinski definition) is 5. The Hall–Kier alpha value is -1.80. The van der Waals surface area contributed by atoms with E-state index in [0.29, 0.717) is 26.3 Å². The first-order chi connectivity index (χ1) is 11.7. The molecule has 0 heterocycles. The number of ether oxygens (including phenoxy) is 2. The third kappa shape index (κ3) is 4.61. The summed E-state index contributed by atoms with van der Waals surface area (Å²) >= 11 is 1.20. The SMILES string of the molecule is COCCN(CCOC)C(=O)Nc1cccc2c(SN)cccc12. The molecule has 0 bridgehead atoms. The van der Waals surface area contributed by atoms with Gasteiger partial charge in [-0.25, -0.2) is 4.79 Å². The fourth-order valence-electron chi connectivity index (χ4n) is 2.41. The van der Waals surface area contributed by atoms with Gasteiger partial charge < -0.3 is 19.7 Å². The molecule has 24 heavy (non-hydrogen) atoms. The number of fused-ring (bicyclic) bond motifs is 1. The minimum atomic E-state index is -0.178. The average Bonchev–Trinajstić information content (AvgIpc) is 2.61. The molecular weight excluding hydrogens is 326 g/mol. The van der Waals surface area contributed by atoms with Crippen LogP contribution in [0.25, 0.3) is 10.8 Å². The van der Waals surface area contributed by atoms with E-state index in [9.17, 15) is 4.79 Å². The quantitative estimate of drug-likeness (QED) is 0.717. The zero-order valence-electron chi connectivity index (χ0n) is 14.0. The summed E-state index contributed by atoms with van der Waals surface area (Å²) < 4.78 is 10.1. The number of anilines is 1. The summed E-state index contributed by atoms with van der Waals surface area (Å²) in [6.45, 7) is 1.95. The first-order valence-electron chi connectivity index (χ1n) is 7.63. The Bertz CT molecular complexity index is 673. The number of carbonyl (C=O) groups excluding carboxylic acids is 1. The van der Waals surface area contributed by atoms with Gasteiger partial charge in [-0.1, -0.05) is 24.3 Å². The number of carbonyl (C=O) groups is 1. The van der Waals surface area contributed by atoms with Crippen LogP contribution in [0.4, 0.5) is 10.5 Å². The van der Waals surface area contributed by atoms with Crippen molar-refractivity contribution in [2.24, 2.45) is 5.14 Å². The molecule has 0 spiro atoms. The Morgan fingerprint density at radius 2 is 1.71 bits per heavy atom. The number of hydrogen-bond donors (Lipinski definition) is 2. The fourth-order valence-corrected chi connectivity index (χ4v) is 2.87. The first-order valence-corrected chi connectivity index (χ1v) is 8.51. The number of nitrogens with two attached hydrogens (primary N) is 1. The van der Waals surface area contributed by atoms with Crippen molar-refractivity contribution in [3.05, 3.63) is 36.4 Å². The fraction of sp³-hybridized carbons (Fsp3) is 0.353. The third-order valence-electron chi connectivity index (χ3n) is 3.67. The first kappa shape index (κ1) is 18.5. The van der Waals surface area contributed by atoms with Crippen molar-refractivity contribution in [2.75, 3.05) is 45.8 Å². The molecule has 0 unspecified atom stereocenters. The molecule has 0 aliphatic heterocycles. The van der Waals surface area contributed by atoms with Crippen LogP contribution in [-0.4, -0.2) is 51.5 Å². The van der Waals surface area contributed by atoms with Gasteiger partial charge in [0.25, 0.3) is 0 Å². The van der Waals surface area contributed by atoms with Crippen LogP contribution >= 0.6 is 11.9 Å². The predicted molar refractivity (Wildman–Crippen MR) is 98.3 cm³/mol. The molecule has 0 aliphatic rings. The van der Waals surface area contributed by atoms with E-state index in [0.717, 1.165) is 21.4 Å². The third-order valence-corrected chi connectivity index (χ3v) is 4.28. The lowest BCUT2D eigenvalue weighted by Crippen LogP contribution is -2.39. The Balaban J connectivity index is 2.22. The molecule has 0 saturated heterocycles. The van der Waals surface area contributed by atoms with E-state index < -0.39 is 0 Å². The minimum Gasteiger partial charge on any atom is -0.383 e. The largest absolute Gasteiger partial charge is 0.383 e. The van der Waals surface area contributed by atoms with Crippen LogP contribution in [0.3, 0.4) is 0 Å². The van der Waals surface area contributed by atoms with Gasteiger partial charge in [-0.15, -0.1) is 0 Å². The summed E-state index contributed by atoms with van der Waals surface area (Å²) in [5, 5.41) is 10.7. The summed E-state index contributed by atoms with van der Waals surface area (Å²) in [6.07, 6.45) is 0. The molecular formula is C17H23N3O3S. The van der Waals surface area contributed by atoms with Gasteiger partial charge in [0, 0.05) is 37.6 Å². The normalized spacial score (nSPS) is 10.8. The highest BCUT2D eigenvalue weighted by molar-refractivity contribution is 7.97. The lowest BCUT2D eigenvalue weighted by Gasteiger charge is -2.23. The maximum absolute atomic E-state index is 12.6. The van der Waals surface area contributed by atoms with E-state index in [1.165, 1.54) is 11.9 Å². The van der Waals surface area contributed by atoms with Gasteiger partial charge in [0.1, 0.15) is 0 Å². The van der Waals surface area contributed by atoms with Gasteiger partial charge in [0.2, 0.25) is 0 Å². The van der Waals surface area contributed by atoms with E-state index in [2.05, 4.69) is 5.32 Å². The molecule has 0 aromatic heterocycles. The van der Waals surface area contributed by atoms with Crippen LogP contribution in [0.2, 0.25) is 0 Å². The van der Waals surface area contributed by atoms with Crippen molar-refractivity contribution >= 4 is 34.4 Å². The van der Waals surface area contributed by atoms with Crippen molar-refractivity contribution < 1.29 is 14.3 Å². The highest BCUT2D eigenvalue weighted by Crippen LogP contribution is 2.30. The highest BCUT2D eigenvalue weighted by atomic mass is 32.2. The number of methoxy groups -OCH3 is 2. The average molecular weight is 349 g/mol. The minimum absolute atomic E-state index is 0.178. The van der Waals surface area contributed by atoms with Crippen molar-refractivity contribution in [2.45, 2.75) is 4.90 Å². The van der Waals surface area contributed by atoms with Gasteiger partial charge in [0.15, 0.2) is 0 Å². The van der Waals surface area contributed by atoms with Crippen LogP contribution in [0.15, 0.2) is 41.3 Å². The number of urea groups is 1. The zero-order chi connectivity index (χ0) is 17.4. The van der Waals surface area contributed by atoms with Crippen molar-refractivity contribution in [1.29, 1.82) is 0 Å². The molecule has 0 fully saturated rings. The molecule has 3 N–H and O–H groups in total. The number of amides is 2. The molecule has 130 valence electrons. The second kappa shape index (κ2) is 9.48. The molecule has 0 aliphatic carbocycles. The molecule has 2 rings (SSSR count). The van der Waals surface area contributed by atoms with E-state index >= 15 is 0 Å². The van der Waals surface area contributed by atoms with E-state index in [1.807, 2.05) is 36.4 Å². The molecule has 7 heteroatoms. The molecule has 2 amide bonds. The van der Waals surface area contributed by atoms with Crippen LogP contribution in [-0.2, 0) is 9.47 Å². The lowest BCUT2D eigenvalue weighted by molar-refractivity contribution is 0.127. The number of rotatable bonds is 8. The van der Waals surface area contributed by atoms with Crippen molar-refractivity contribution in [1.82, 2.24) is 4.90 Å². The maximum Gasteiger partial charge on any atom is 0.322 e. The molecule has 0 saturated carbocycles. The molecule has 2 aromatic rings. The Kier molecular flexibility index (Phi) is 7.33. The van der Waals surface area contributed by atoms with Gasteiger partial charge in [0.05, 0.1) is 18.9 Å². The van der Waals surface area contributed by atoms with Gasteiger partial charge >= 0.3 is 6.03 Å². The van der Waals surface area contributed by atoms with Crippen LogP contribution in [0, 0.1) is 0 Å². The maximum atomic E-state index is 12.6. The molecule has 2 aromatic carbocycles. The second-order valence-corrected chi connectivity index (χ2v) is 5.85. The summed E-state index contributed by atoms with van der Waals surface area (Å²) in [5.41, 5.74) is 0.758. The van der Waals surface area contributed by atoms with E-state index in [4.69, 9.17) is 14.6 Å². The summed E-state index contributed by atoms with van der Waals surface area (Å²) in [6, 6.07) is 11.5. The Morgan fingerprint density at radius 3 is 2.33 bits per heavy atom. The summed E-state index contributed by atoms with van der Waals surface area (Å²) in [5.74, 6) is 0. The zero-order valence-corrected chi connectivity index (χ0v) is 14.8. The topological polar surface area (TPSA) is 76.8 Å². The molecule has 0 atom stereocenters. The van der Waals surface area contributed by atoms with Crippen molar-refractivity contribution in [3.63, 3.8) is 0 Å². The number of nitrogens with zero attached hydrogens (tertiary/aromatic N) is 1. The molecule has 6 nitrogen and oxygen atoms in total. The Morgan fingerprint density at radius 1 is 1.08 bits per heavy atom. The Labute approximate surface area is 146 Å². The smallest absolute Gasteiger partial charge is 0.322 e. The van der Waals surface area contributed by atoms with Gasteiger partial charge in [-0.2, -0.15) is 0 Å². The summed E-state index contributed by atoms with van der Waals surface area (Å²) in [7, 11) is 3.23. The summed E-state index contributed by atoms with van der Waals surface area (Å²) in [4.78, 5) is 15.2. The standard InChI is InChI=1S/C17H23N3O3S/c1-22-11-9-20(10-12-23-2)17(21)19-15-7-3-6-14-13(15)5-4-8-16(14)24-18/h3-8H,9-12,18H2,1-2H3,(H,19,21). The van der Waals surface area contributed by atoms with Crippen LogP contribution < -0.4 is 10.5 Å². The van der Waals surface area contributed by atoms with E-state index in [-0.39, 0.29) is 6.03 Å². The molecule has 0 radical (unpaired) electrons. The predicted octanol–water partition coefficient (Wildman–Crippen LogP) is 2.93. The van der Waals surface area contributed by atoms with E-state index in [1.54, 1.807) is 19.1 Å². The van der Waals surface area contributed by atoms with Crippen LogP contribution in [0.1, 0.15) is 0 Å². The number of benzene rings is 2. The van der Waals surface area contributed by atoms with Crippen molar-refractivity contribution in [3.8, 4) is 0 Å². The van der Waals surface area contributed by atoms with Crippen LogP contribution in [0.5, 0.6) is 0 Å². The highest BCUT2D eigenvalue weighted by Gasteiger charge is 2.14. The monoisotopic (exact) mass is 349 g/mol. The second-order valence-electron chi connectivity index (χ2n) is 5.18.